The monoisotopic (exact) mass is 240 g/mol. The van der Waals surface area contributed by atoms with E-state index >= 15 is 0 Å². The summed E-state index contributed by atoms with van der Waals surface area (Å²) in [5.74, 6) is 0. The molecule has 0 aliphatic rings. The van der Waals surface area contributed by atoms with Gasteiger partial charge >= 0.3 is 0 Å². The minimum Gasteiger partial charge on any atom is -0.333 e. The van der Waals surface area contributed by atoms with Gasteiger partial charge in [-0.1, -0.05) is 25.1 Å². The van der Waals surface area contributed by atoms with Crippen LogP contribution >= 0.6 is 0 Å². The Morgan fingerprint density at radius 2 is 2.22 bits per heavy atom. The molecule has 0 fully saturated rings. The summed E-state index contributed by atoms with van der Waals surface area (Å²) in [6, 6.07) is 9.86. The zero-order valence-corrected chi connectivity index (χ0v) is 10.4. The van der Waals surface area contributed by atoms with Crippen LogP contribution in [-0.4, -0.2) is 16.1 Å². The average Bonchev–Trinajstić information content (AvgIpc) is 2.84. The quantitative estimate of drug-likeness (QED) is 0.868. The first-order valence-corrected chi connectivity index (χ1v) is 6.03. The number of benzene rings is 1. The van der Waals surface area contributed by atoms with Crippen LogP contribution in [0.1, 0.15) is 23.7 Å². The van der Waals surface area contributed by atoms with Crippen LogP contribution in [0.15, 0.2) is 36.8 Å². The fraction of sp³-hybridized carbons (Fsp3) is 0.286. The number of imidazole rings is 1. The second kappa shape index (κ2) is 5.99. The maximum atomic E-state index is 9.03. The number of nitrogens with zero attached hydrogens (tertiary/aromatic N) is 3. The highest BCUT2D eigenvalue weighted by molar-refractivity contribution is 5.37. The Hall–Kier alpha value is -2.12. The van der Waals surface area contributed by atoms with E-state index in [2.05, 4.69) is 23.3 Å². The van der Waals surface area contributed by atoms with Crippen molar-refractivity contribution in [2.45, 2.75) is 20.0 Å². The third-order valence-corrected chi connectivity index (χ3v) is 2.73. The molecular weight excluding hydrogens is 224 g/mol. The number of aromatic nitrogens is 2. The molecular formula is C14H16N4. The summed E-state index contributed by atoms with van der Waals surface area (Å²) in [5, 5.41) is 12.3. The van der Waals surface area contributed by atoms with E-state index in [0.717, 1.165) is 29.9 Å². The molecule has 0 amide bonds. The van der Waals surface area contributed by atoms with Gasteiger partial charge in [0.2, 0.25) is 0 Å². The number of nitriles is 1. The molecule has 0 aliphatic carbocycles. The molecule has 0 saturated carbocycles. The van der Waals surface area contributed by atoms with Crippen LogP contribution in [0.25, 0.3) is 0 Å². The van der Waals surface area contributed by atoms with Crippen molar-refractivity contribution in [1.29, 1.82) is 5.26 Å². The molecule has 4 heteroatoms. The van der Waals surface area contributed by atoms with Crippen molar-refractivity contribution >= 4 is 0 Å². The van der Waals surface area contributed by atoms with Crippen LogP contribution in [0.5, 0.6) is 0 Å². The van der Waals surface area contributed by atoms with E-state index < -0.39 is 0 Å². The lowest BCUT2D eigenvalue weighted by Gasteiger charge is -2.04. The summed E-state index contributed by atoms with van der Waals surface area (Å²) < 4.78 is 2.00. The predicted octanol–water partition coefficient (Wildman–Crippen LogP) is 1.91. The minimum absolute atomic E-state index is 0.683. The summed E-state index contributed by atoms with van der Waals surface area (Å²) in [5.41, 5.74) is 2.76. The van der Waals surface area contributed by atoms with Gasteiger partial charge < -0.3 is 9.88 Å². The highest BCUT2D eigenvalue weighted by Gasteiger charge is 2.03. The Morgan fingerprint density at radius 1 is 1.39 bits per heavy atom. The molecule has 1 heterocycles. The number of hydrogen-bond acceptors (Lipinski definition) is 3. The van der Waals surface area contributed by atoms with E-state index in [1.165, 1.54) is 0 Å². The normalized spacial score (nSPS) is 10.2. The first-order chi connectivity index (χ1) is 8.83. The number of rotatable bonds is 5. The first kappa shape index (κ1) is 12.3. The fourth-order valence-electron chi connectivity index (χ4n) is 1.80. The third kappa shape index (κ3) is 2.96. The lowest BCUT2D eigenvalue weighted by Crippen LogP contribution is -2.11. The Balaban J connectivity index is 2.09. The molecule has 0 aliphatic heterocycles. The van der Waals surface area contributed by atoms with Crippen LogP contribution in [0.4, 0.5) is 0 Å². The molecule has 0 spiro atoms. The fourth-order valence-corrected chi connectivity index (χ4v) is 1.80. The Kier molecular flexibility index (Phi) is 4.11. The highest BCUT2D eigenvalue weighted by atomic mass is 15.0. The van der Waals surface area contributed by atoms with E-state index in [-0.39, 0.29) is 0 Å². The maximum absolute atomic E-state index is 9.03. The standard InChI is InChI=1S/C14H16N4/c1-2-16-8-14-10-18(11-17-14)9-13-6-4-3-5-12(13)7-15/h3-6,10-11,16H,2,8-9H2,1H3. The van der Waals surface area contributed by atoms with Crippen molar-refractivity contribution in [2.75, 3.05) is 6.54 Å². The Labute approximate surface area is 107 Å². The molecule has 2 aromatic rings. The van der Waals surface area contributed by atoms with Gasteiger partial charge in [0.05, 0.1) is 23.7 Å². The third-order valence-electron chi connectivity index (χ3n) is 2.73. The van der Waals surface area contributed by atoms with Crippen molar-refractivity contribution in [3.05, 3.63) is 53.6 Å². The molecule has 18 heavy (non-hydrogen) atoms. The molecule has 0 unspecified atom stereocenters. The van der Waals surface area contributed by atoms with E-state index in [0.29, 0.717) is 6.54 Å². The predicted molar refractivity (Wildman–Crippen MR) is 69.9 cm³/mol. The van der Waals surface area contributed by atoms with Crippen molar-refractivity contribution in [3.63, 3.8) is 0 Å². The van der Waals surface area contributed by atoms with Crippen molar-refractivity contribution in [2.24, 2.45) is 0 Å². The van der Waals surface area contributed by atoms with Gasteiger partial charge in [-0.05, 0) is 18.2 Å². The first-order valence-electron chi connectivity index (χ1n) is 6.03. The lowest BCUT2D eigenvalue weighted by atomic mass is 10.1. The average molecular weight is 240 g/mol. The van der Waals surface area contributed by atoms with Gasteiger partial charge in [-0.3, -0.25) is 0 Å². The molecule has 0 saturated heterocycles. The van der Waals surface area contributed by atoms with Gasteiger partial charge in [0, 0.05) is 19.3 Å². The van der Waals surface area contributed by atoms with Crippen molar-refractivity contribution < 1.29 is 0 Å². The Morgan fingerprint density at radius 3 is 3.00 bits per heavy atom. The molecule has 4 nitrogen and oxygen atoms in total. The van der Waals surface area contributed by atoms with Gasteiger partial charge in [0.15, 0.2) is 0 Å². The van der Waals surface area contributed by atoms with E-state index in [9.17, 15) is 0 Å². The second-order valence-corrected chi connectivity index (χ2v) is 4.09. The molecule has 1 aromatic carbocycles. The number of nitrogens with one attached hydrogen (secondary N) is 1. The van der Waals surface area contributed by atoms with Crippen LogP contribution in [0, 0.1) is 11.3 Å². The van der Waals surface area contributed by atoms with Crippen molar-refractivity contribution in [1.82, 2.24) is 14.9 Å². The molecule has 0 bridgehead atoms. The summed E-state index contributed by atoms with van der Waals surface area (Å²) in [4.78, 5) is 4.32. The second-order valence-electron chi connectivity index (χ2n) is 4.09. The molecule has 92 valence electrons. The van der Waals surface area contributed by atoms with E-state index in [4.69, 9.17) is 5.26 Å². The van der Waals surface area contributed by atoms with Crippen LogP contribution in [-0.2, 0) is 13.1 Å². The van der Waals surface area contributed by atoms with E-state index in [1.54, 1.807) is 6.33 Å². The molecule has 1 aromatic heterocycles. The summed E-state index contributed by atoms with van der Waals surface area (Å²) >= 11 is 0. The summed E-state index contributed by atoms with van der Waals surface area (Å²) in [6.07, 6.45) is 3.82. The Bertz CT molecular complexity index is 551. The SMILES string of the molecule is CCNCc1cn(Cc2ccccc2C#N)cn1. The molecule has 2 rings (SSSR count). The maximum Gasteiger partial charge on any atom is 0.0995 e. The molecule has 0 radical (unpaired) electrons. The lowest BCUT2D eigenvalue weighted by molar-refractivity contribution is 0.712. The largest absolute Gasteiger partial charge is 0.333 e. The van der Waals surface area contributed by atoms with Gasteiger partial charge in [0.1, 0.15) is 0 Å². The van der Waals surface area contributed by atoms with Gasteiger partial charge in [0.25, 0.3) is 0 Å². The number of hydrogen-bond donors (Lipinski definition) is 1. The van der Waals surface area contributed by atoms with Crippen molar-refractivity contribution in [3.8, 4) is 6.07 Å². The smallest absolute Gasteiger partial charge is 0.0995 e. The molecule has 1 N–H and O–H groups in total. The van der Waals surface area contributed by atoms with Crippen LogP contribution in [0.3, 0.4) is 0 Å². The zero-order chi connectivity index (χ0) is 12.8. The summed E-state index contributed by atoms with van der Waals surface area (Å²) in [7, 11) is 0. The molecule has 0 atom stereocenters. The highest BCUT2D eigenvalue weighted by Crippen LogP contribution is 2.09. The van der Waals surface area contributed by atoms with Gasteiger partial charge in [-0.15, -0.1) is 0 Å². The van der Waals surface area contributed by atoms with Crippen LogP contribution < -0.4 is 5.32 Å². The van der Waals surface area contributed by atoms with Crippen LogP contribution in [0.2, 0.25) is 0 Å². The topological polar surface area (TPSA) is 53.6 Å². The van der Waals surface area contributed by atoms with Gasteiger partial charge in [-0.25, -0.2) is 4.98 Å². The van der Waals surface area contributed by atoms with Gasteiger partial charge in [-0.2, -0.15) is 5.26 Å². The minimum atomic E-state index is 0.683. The zero-order valence-electron chi connectivity index (χ0n) is 10.4. The van der Waals surface area contributed by atoms with E-state index in [1.807, 2.05) is 35.0 Å². The summed E-state index contributed by atoms with van der Waals surface area (Å²) in [6.45, 7) is 4.47.